The largest absolute Gasteiger partial charge is 0.368 e. The predicted molar refractivity (Wildman–Crippen MR) is 74.9 cm³/mol. The Morgan fingerprint density at radius 1 is 1.17 bits per heavy atom. The first-order chi connectivity index (χ1) is 8.19. The highest BCUT2D eigenvalue weighted by molar-refractivity contribution is 6.31. The van der Waals surface area contributed by atoms with Gasteiger partial charge in [-0.15, -0.1) is 0 Å². The predicted octanol–water partition coefficient (Wildman–Crippen LogP) is 3.45. The van der Waals surface area contributed by atoms with E-state index in [-0.39, 0.29) is 21.9 Å². The number of anilines is 1. The highest BCUT2D eigenvalue weighted by atomic mass is 35.5. The average Bonchev–Trinajstić information content (AvgIpc) is 2.17. The summed E-state index contributed by atoms with van der Waals surface area (Å²) in [6.07, 6.45) is 0. The van der Waals surface area contributed by atoms with Crippen LogP contribution >= 0.6 is 11.6 Å². The van der Waals surface area contributed by atoms with Crippen molar-refractivity contribution in [2.45, 2.75) is 38.8 Å². The number of nitrogens with one attached hydrogen (secondary N) is 1. The minimum atomic E-state index is -0.367. The first kappa shape index (κ1) is 13.6. The third-order valence-electron chi connectivity index (χ3n) is 3.12. The molecule has 2 nitrogen and oxygen atoms in total. The molecule has 0 saturated carbocycles. The maximum Gasteiger partial charge on any atom is 0.141 e. The molecule has 100 valence electrons. The van der Waals surface area contributed by atoms with E-state index in [0.717, 1.165) is 18.8 Å². The zero-order valence-electron chi connectivity index (χ0n) is 11.3. The molecule has 1 heterocycles. The standard InChI is InChI=1S/C14H20ClFN2/c1-13(2)8-18(9-14(3,4)17-13)10-5-6-12(16)11(15)7-10/h5-7,17H,8-9H2,1-4H3. The first-order valence-electron chi connectivity index (χ1n) is 6.18. The fraction of sp³-hybridized carbons (Fsp3) is 0.571. The molecule has 1 aliphatic heterocycles. The second kappa shape index (κ2) is 4.39. The lowest BCUT2D eigenvalue weighted by atomic mass is 9.91. The van der Waals surface area contributed by atoms with E-state index in [1.165, 1.54) is 6.07 Å². The lowest BCUT2D eigenvalue weighted by Gasteiger charge is -2.49. The molecule has 0 spiro atoms. The molecular formula is C14H20ClFN2. The van der Waals surface area contributed by atoms with E-state index in [1.807, 2.05) is 0 Å². The van der Waals surface area contributed by atoms with Crippen LogP contribution < -0.4 is 10.2 Å². The van der Waals surface area contributed by atoms with E-state index in [1.54, 1.807) is 12.1 Å². The number of benzene rings is 1. The minimum Gasteiger partial charge on any atom is -0.368 e. The van der Waals surface area contributed by atoms with Gasteiger partial charge in [0, 0.05) is 29.9 Å². The maximum atomic E-state index is 13.2. The van der Waals surface area contributed by atoms with Gasteiger partial charge in [0.2, 0.25) is 0 Å². The Bertz CT molecular complexity index is 441. The molecule has 0 bridgehead atoms. The number of hydrogen-bond acceptors (Lipinski definition) is 2. The fourth-order valence-electron chi connectivity index (χ4n) is 2.87. The third-order valence-corrected chi connectivity index (χ3v) is 3.41. The van der Waals surface area contributed by atoms with E-state index in [0.29, 0.717) is 0 Å². The third kappa shape index (κ3) is 2.96. The van der Waals surface area contributed by atoms with Crippen molar-refractivity contribution in [1.82, 2.24) is 5.32 Å². The van der Waals surface area contributed by atoms with Gasteiger partial charge in [-0.2, -0.15) is 0 Å². The molecular weight excluding hydrogens is 251 g/mol. The van der Waals surface area contributed by atoms with Crippen molar-refractivity contribution in [3.63, 3.8) is 0 Å². The van der Waals surface area contributed by atoms with Crippen LogP contribution in [0.15, 0.2) is 18.2 Å². The number of halogens is 2. The molecule has 1 aromatic carbocycles. The Labute approximate surface area is 113 Å². The smallest absolute Gasteiger partial charge is 0.141 e. The van der Waals surface area contributed by atoms with Gasteiger partial charge in [-0.1, -0.05) is 11.6 Å². The zero-order chi connectivity index (χ0) is 13.6. The molecule has 1 aliphatic rings. The summed E-state index contributed by atoms with van der Waals surface area (Å²) in [6.45, 7) is 10.4. The van der Waals surface area contributed by atoms with Gasteiger partial charge in [-0.25, -0.2) is 4.39 Å². The quantitative estimate of drug-likeness (QED) is 0.841. The molecule has 18 heavy (non-hydrogen) atoms. The Balaban J connectivity index is 2.29. The summed E-state index contributed by atoms with van der Waals surface area (Å²) in [4.78, 5) is 2.25. The normalized spacial score (nSPS) is 22.0. The second-order valence-corrected chi connectivity index (χ2v) is 6.75. The highest BCUT2D eigenvalue weighted by Crippen LogP contribution is 2.28. The molecule has 4 heteroatoms. The van der Waals surface area contributed by atoms with Crippen molar-refractivity contribution >= 4 is 17.3 Å². The molecule has 2 rings (SSSR count). The summed E-state index contributed by atoms with van der Waals surface area (Å²) in [5.74, 6) is -0.367. The monoisotopic (exact) mass is 270 g/mol. The summed E-state index contributed by atoms with van der Waals surface area (Å²) in [5.41, 5.74) is 1.01. The summed E-state index contributed by atoms with van der Waals surface area (Å²) >= 11 is 5.86. The Morgan fingerprint density at radius 2 is 1.72 bits per heavy atom. The van der Waals surface area contributed by atoms with Crippen LogP contribution in [0.25, 0.3) is 0 Å². The summed E-state index contributed by atoms with van der Waals surface area (Å²) in [5, 5.41) is 3.79. The minimum absolute atomic E-state index is 0.0165. The Morgan fingerprint density at radius 3 is 2.22 bits per heavy atom. The SMILES string of the molecule is CC1(C)CN(c2ccc(F)c(Cl)c2)CC(C)(C)N1. The van der Waals surface area contributed by atoms with Crippen LogP contribution in [0, 0.1) is 5.82 Å². The van der Waals surface area contributed by atoms with Gasteiger partial charge in [0.05, 0.1) is 5.02 Å². The van der Waals surface area contributed by atoms with E-state index in [9.17, 15) is 4.39 Å². The van der Waals surface area contributed by atoms with Crippen molar-refractivity contribution in [3.05, 3.63) is 29.0 Å². The van der Waals surface area contributed by atoms with Crippen molar-refractivity contribution in [2.75, 3.05) is 18.0 Å². The van der Waals surface area contributed by atoms with Crippen molar-refractivity contribution < 1.29 is 4.39 Å². The van der Waals surface area contributed by atoms with Gasteiger partial charge in [0.15, 0.2) is 0 Å². The number of hydrogen-bond donors (Lipinski definition) is 1. The zero-order valence-corrected chi connectivity index (χ0v) is 12.1. The van der Waals surface area contributed by atoms with Gasteiger partial charge in [-0.3, -0.25) is 0 Å². The lowest BCUT2D eigenvalue weighted by molar-refractivity contribution is 0.226. The van der Waals surface area contributed by atoms with Gasteiger partial charge in [0.1, 0.15) is 5.82 Å². The summed E-state index contributed by atoms with van der Waals surface area (Å²) in [7, 11) is 0. The van der Waals surface area contributed by atoms with Crippen LogP contribution in [0.5, 0.6) is 0 Å². The molecule has 0 aromatic heterocycles. The Hall–Kier alpha value is -0.800. The number of rotatable bonds is 1. The summed E-state index contributed by atoms with van der Waals surface area (Å²) in [6, 6.07) is 4.92. The number of piperazine rings is 1. The van der Waals surface area contributed by atoms with Crippen molar-refractivity contribution in [1.29, 1.82) is 0 Å². The molecule has 1 aromatic rings. The van der Waals surface area contributed by atoms with E-state index in [4.69, 9.17) is 11.6 Å². The molecule has 0 radical (unpaired) electrons. The number of nitrogens with zero attached hydrogens (tertiary/aromatic N) is 1. The maximum absolute atomic E-state index is 13.2. The van der Waals surface area contributed by atoms with E-state index >= 15 is 0 Å². The summed E-state index contributed by atoms with van der Waals surface area (Å²) < 4.78 is 13.2. The molecule has 1 N–H and O–H groups in total. The lowest BCUT2D eigenvalue weighted by Crippen LogP contribution is -2.66. The average molecular weight is 271 g/mol. The molecule has 1 fully saturated rings. The van der Waals surface area contributed by atoms with E-state index < -0.39 is 0 Å². The van der Waals surface area contributed by atoms with Gasteiger partial charge >= 0.3 is 0 Å². The highest BCUT2D eigenvalue weighted by Gasteiger charge is 2.36. The van der Waals surface area contributed by atoms with Gasteiger partial charge in [0.25, 0.3) is 0 Å². The van der Waals surface area contributed by atoms with Gasteiger partial charge < -0.3 is 10.2 Å². The molecule has 1 saturated heterocycles. The Kier molecular flexibility index (Phi) is 3.32. The van der Waals surface area contributed by atoms with Crippen LogP contribution in [-0.2, 0) is 0 Å². The second-order valence-electron chi connectivity index (χ2n) is 6.35. The molecule has 0 unspecified atom stereocenters. The first-order valence-corrected chi connectivity index (χ1v) is 6.56. The molecule has 0 amide bonds. The molecule has 0 aliphatic carbocycles. The van der Waals surface area contributed by atoms with Crippen LogP contribution in [0.2, 0.25) is 5.02 Å². The van der Waals surface area contributed by atoms with E-state index in [2.05, 4.69) is 37.9 Å². The van der Waals surface area contributed by atoms with Crippen molar-refractivity contribution in [2.24, 2.45) is 0 Å². The molecule has 0 atom stereocenters. The van der Waals surface area contributed by atoms with Crippen LogP contribution in [0.4, 0.5) is 10.1 Å². The van der Waals surface area contributed by atoms with Crippen LogP contribution in [0.3, 0.4) is 0 Å². The van der Waals surface area contributed by atoms with Crippen molar-refractivity contribution in [3.8, 4) is 0 Å². The topological polar surface area (TPSA) is 15.3 Å². The van der Waals surface area contributed by atoms with Crippen LogP contribution in [-0.4, -0.2) is 24.2 Å². The van der Waals surface area contributed by atoms with Crippen LogP contribution in [0.1, 0.15) is 27.7 Å². The fourth-order valence-corrected chi connectivity index (χ4v) is 3.04. The van der Waals surface area contributed by atoms with Gasteiger partial charge in [-0.05, 0) is 45.9 Å².